The third kappa shape index (κ3) is 3.02. The maximum Gasteiger partial charge on any atom is 0.222 e. The third-order valence-corrected chi connectivity index (χ3v) is 6.83. The first-order valence-electron chi connectivity index (χ1n) is 11.6. The van der Waals surface area contributed by atoms with E-state index < -0.39 is 17.4 Å². The van der Waals surface area contributed by atoms with Gasteiger partial charge in [-0.1, -0.05) is 30.3 Å². The molecule has 37 heavy (non-hydrogen) atoms. The van der Waals surface area contributed by atoms with Crippen molar-refractivity contribution < 1.29 is 13.5 Å². The lowest BCUT2D eigenvalue weighted by atomic mass is 9.75. The molecule has 5 heterocycles. The minimum Gasteiger partial charge on any atom is -0.455 e. The molecule has 2 N–H and O–H groups in total. The van der Waals surface area contributed by atoms with E-state index in [-0.39, 0.29) is 5.56 Å². The van der Waals surface area contributed by atoms with Crippen LogP contribution < -0.4 is 10.5 Å². The van der Waals surface area contributed by atoms with Gasteiger partial charge < -0.3 is 10.5 Å². The number of ether oxygens (including phenoxy) is 1. The fourth-order valence-corrected chi connectivity index (χ4v) is 5.20. The number of hydrogen-bond donors (Lipinski definition) is 1. The van der Waals surface area contributed by atoms with Crippen molar-refractivity contribution in [2.24, 2.45) is 10.7 Å². The first kappa shape index (κ1) is 21.3. The average molecular weight is 489 g/mol. The molecule has 0 amide bonds. The number of aliphatic imine (C=N–C) groups is 1. The number of rotatable bonds is 2. The molecule has 0 aliphatic carbocycles. The Morgan fingerprint density at radius 3 is 2.16 bits per heavy atom. The molecule has 5 aromatic rings. The molecule has 8 heteroatoms. The van der Waals surface area contributed by atoms with Crippen molar-refractivity contribution in [1.82, 2.24) is 15.0 Å². The van der Waals surface area contributed by atoms with Gasteiger partial charge in [0.05, 0.1) is 17.5 Å². The number of aromatic nitrogens is 3. The topological polar surface area (TPSA) is 86.3 Å². The Labute approximate surface area is 210 Å². The van der Waals surface area contributed by atoms with E-state index in [2.05, 4.69) is 15.0 Å². The van der Waals surface area contributed by atoms with Crippen LogP contribution in [0.25, 0.3) is 22.4 Å². The third-order valence-electron chi connectivity index (χ3n) is 6.83. The summed E-state index contributed by atoms with van der Waals surface area (Å²) >= 11 is 0. The number of pyridine rings is 3. The molecule has 2 aromatic carbocycles. The highest BCUT2D eigenvalue weighted by Crippen LogP contribution is 2.56. The Morgan fingerprint density at radius 2 is 1.38 bits per heavy atom. The van der Waals surface area contributed by atoms with Gasteiger partial charge in [0, 0.05) is 34.6 Å². The quantitative estimate of drug-likeness (QED) is 0.326. The minimum atomic E-state index is -1.12. The predicted molar refractivity (Wildman–Crippen MR) is 134 cm³/mol. The van der Waals surface area contributed by atoms with Gasteiger partial charge in [0.2, 0.25) is 11.9 Å². The van der Waals surface area contributed by atoms with E-state index in [1.54, 1.807) is 48.7 Å². The summed E-state index contributed by atoms with van der Waals surface area (Å²) in [5.41, 5.74) is 9.88. The zero-order valence-electron chi connectivity index (χ0n) is 19.2. The molecule has 6 nitrogen and oxygen atoms in total. The number of benzene rings is 2. The van der Waals surface area contributed by atoms with Crippen molar-refractivity contribution in [3.8, 4) is 33.9 Å². The number of hydrogen-bond acceptors (Lipinski definition) is 6. The van der Waals surface area contributed by atoms with E-state index >= 15 is 0 Å². The SMILES string of the molecule is NC1=N[C@]2(c3cc(-c4cccnc4F)ccc3Oc3cnc(-c4cccnc4F)cc32)c2ccccc21. The maximum absolute atomic E-state index is 14.7. The lowest BCUT2D eigenvalue weighted by Crippen LogP contribution is -2.30. The predicted octanol–water partition coefficient (Wildman–Crippen LogP) is 5.60. The van der Waals surface area contributed by atoms with E-state index in [0.717, 1.165) is 11.1 Å². The van der Waals surface area contributed by atoms with Crippen molar-refractivity contribution in [2.75, 3.05) is 0 Å². The highest BCUT2D eigenvalue weighted by Gasteiger charge is 2.49. The van der Waals surface area contributed by atoms with E-state index in [1.807, 2.05) is 30.3 Å². The second-order valence-corrected chi connectivity index (χ2v) is 8.82. The van der Waals surface area contributed by atoms with Gasteiger partial charge >= 0.3 is 0 Å². The van der Waals surface area contributed by atoms with Crippen LogP contribution in [-0.2, 0) is 5.54 Å². The van der Waals surface area contributed by atoms with E-state index in [9.17, 15) is 8.78 Å². The molecule has 2 aliphatic rings. The van der Waals surface area contributed by atoms with Crippen LogP contribution in [-0.4, -0.2) is 20.8 Å². The van der Waals surface area contributed by atoms with Crippen molar-refractivity contribution in [2.45, 2.75) is 5.54 Å². The van der Waals surface area contributed by atoms with Gasteiger partial charge in [-0.05, 0) is 53.6 Å². The Morgan fingerprint density at radius 1 is 0.676 bits per heavy atom. The molecule has 0 radical (unpaired) electrons. The number of nitrogens with zero attached hydrogens (tertiary/aromatic N) is 4. The summed E-state index contributed by atoms with van der Waals surface area (Å²) in [7, 11) is 0. The molecule has 3 aromatic heterocycles. The highest BCUT2D eigenvalue weighted by molar-refractivity contribution is 6.03. The lowest BCUT2D eigenvalue weighted by Gasteiger charge is -2.36. The van der Waals surface area contributed by atoms with Crippen LogP contribution in [0.5, 0.6) is 11.5 Å². The normalized spacial score (nSPS) is 17.0. The van der Waals surface area contributed by atoms with Crippen molar-refractivity contribution in [1.29, 1.82) is 0 Å². The Bertz CT molecular complexity index is 1670. The molecular formula is C29H17F2N5O. The maximum atomic E-state index is 14.7. The van der Waals surface area contributed by atoms with Crippen molar-refractivity contribution in [3.63, 3.8) is 0 Å². The first-order valence-corrected chi connectivity index (χ1v) is 11.6. The molecule has 0 fully saturated rings. The smallest absolute Gasteiger partial charge is 0.222 e. The van der Waals surface area contributed by atoms with Gasteiger partial charge in [-0.25, -0.2) is 15.0 Å². The van der Waals surface area contributed by atoms with Gasteiger partial charge in [-0.15, -0.1) is 0 Å². The molecule has 0 bridgehead atoms. The highest BCUT2D eigenvalue weighted by atomic mass is 19.1. The number of amidine groups is 1. The number of halogens is 2. The summed E-state index contributed by atoms with van der Waals surface area (Å²) in [5, 5.41) is 0. The lowest BCUT2D eigenvalue weighted by molar-refractivity contribution is 0.422. The van der Waals surface area contributed by atoms with Gasteiger partial charge in [-0.2, -0.15) is 8.78 Å². The molecule has 178 valence electrons. The van der Waals surface area contributed by atoms with Crippen LogP contribution in [0.4, 0.5) is 8.78 Å². The van der Waals surface area contributed by atoms with Crippen LogP contribution in [0.3, 0.4) is 0 Å². The van der Waals surface area contributed by atoms with Gasteiger partial charge in [0.15, 0.2) is 5.75 Å². The van der Waals surface area contributed by atoms with Crippen molar-refractivity contribution >= 4 is 5.84 Å². The van der Waals surface area contributed by atoms with Crippen LogP contribution in [0.15, 0.2) is 96.4 Å². The summed E-state index contributed by atoms with van der Waals surface area (Å²) < 4.78 is 35.5. The summed E-state index contributed by atoms with van der Waals surface area (Å²) in [6, 6.07) is 21.5. The zero-order chi connectivity index (χ0) is 25.1. The Kier molecular flexibility index (Phi) is 4.47. The van der Waals surface area contributed by atoms with E-state index in [0.29, 0.717) is 45.3 Å². The number of fused-ring (bicyclic) bond motifs is 6. The molecule has 1 spiro atoms. The second kappa shape index (κ2) is 7.76. The Hall–Kier alpha value is -4.98. The second-order valence-electron chi connectivity index (χ2n) is 8.82. The summed E-state index contributed by atoms with van der Waals surface area (Å²) in [6.45, 7) is 0. The van der Waals surface area contributed by atoms with Crippen LogP contribution in [0, 0.1) is 11.9 Å². The fourth-order valence-electron chi connectivity index (χ4n) is 5.20. The van der Waals surface area contributed by atoms with Gasteiger partial charge in [0.25, 0.3) is 0 Å². The van der Waals surface area contributed by atoms with E-state index in [1.165, 1.54) is 12.4 Å². The largest absolute Gasteiger partial charge is 0.455 e. The van der Waals surface area contributed by atoms with Crippen LogP contribution >= 0.6 is 0 Å². The first-order chi connectivity index (χ1) is 18.1. The molecule has 0 saturated carbocycles. The molecule has 0 saturated heterocycles. The summed E-state index contributed by atoms with van der Waals surface area (Å²) in [6.07, 6.45) is 4.35. The summed E-state index contributed by atoms with van der Waals surface area (Å²) in [4.78, 5) is 17.0. The van der Waals surface area contributed by atoms with Gasteiger partial charge in [0.1, 0.15) is 17.1 Å². The zero-order valence-corrected chi connectivity index (χ0v) is 19.2. The summed E-state index contributed by atoms with van der Waals surface area (Å²) in [5.74, 6) is 0.149. The van der Waals surface area contributed by atoms with Gasteiger partial charge in [-0.3, -0.25) is 4.98 Å². The van der Waals surface area contributed by atoms with Crippen molar-refractivity contribution in [3.05, 3.63) is 126 Å². The molecule has 0 unspecified atom stereocenters. The molecule has 1 atom stereocenters. The number of nitrogens with two attached hydrogens (primary N) is 1. The fraction of sp³-hybridized carbons (Fsp3) is 0.0345. The monoisotopic (exact) mass is 489 g/mol. The van der Waals surface area contributed by atoms with E-state index in [4.69, 9.17) is 15.5 Å². The molecule has 2 aliphatic heterocycles. The molecular weight excluding hydrogens is 472 g/mol. The Balaban J connectivity index is 1.54. The minimum absolute atomic E-state index is 0.251. The van der Waals surface area contributed by atoms with Crippen LogP contribution in [0.2, 0.25) is 0 Å². The molecule has 7 rings (SSSR count). The standard InChI is InChI=1S/C29H17F2N5O/c30-26-17(6-3-11-33-26)16-9-10-24-21(13-16)29(20-8-2-1-5-18(20)28(32)36-29)22-14-23(35-15-25(22)37-24)19-7-4-12-34-27(19)31/h1-15H,(H2,32,36)/t29-/m0/s1. The average Bonchev–Trinajstić information content (AvgIpc) is 3.22. The van der Waals surface area contributed by atoms with Crippen LogP contribution in [0.1, 0.15) is 22.3 Å².